The van der Waals surface area contributed by atoms with E-state index in [1.165, 1.54) is 32.4 Å². The van der Waals surface area contributed by atoms with Gasteiger partial charge in [-0.05, 0) is 38.6 Å². The zero-order valence-electron chi connectivity index (χ0n) is 7.06. The molecule has 0 unspecified atom stereocenters. The maximum Gasteiger partial charge on any atom is 0.0185 e. The van der Waals surface area contributed by atoms with Gasteiger partial charge in [0.2, 0.25) is 0 Å². The molecule has 0 radical (unpaired) electrons. The second kappa shape index (κ2) is 1.97. The van der Waals surface area contributed by atoms with E-state index in [4.69, 9.17) is 0 Å². The SMILES string of the molecule is C[C@@H]1CN2CCC[C@@]2(C)C1. The number of nitrogens with zero attached hydrogens (tertiary/aromatic N) is 1. The van der Waals surface area contributed by atoms with Crippen molar-refractivity contribution in [3.63, 3.8) is 0 Å². The van der Waals surface area contributed by atoms with Crippen molar-refractivity contribution in [2.24, 2.45) is 5.92 Å². The third-order valence-corrected chi connectivity index (χ3v) is 3.23. The molecule has 10 heavy (non-hydrogen) atoms. The number of hydrogen-bond acceptors (Lipinski definition) is 1. The highest BCUT2D eigenvalue weighted by Gasteiger charge is 2.42. The highest BCUT2D eigenvalue weighted by atomic mass is 15.2. The van der Waals surface area contributed by atoms with E-state index >= 15 is 0 Å². The van der Waals surface area contributed by atoms with Crippen LogP contribution in [0.15, 0.2) is 0 Å². The second-order valence-corrected chi connectivity index (χ2v) is 4.36. The molecule has 0 bridgehead atoms. The minimum atomic E-state index is 0.611. The van der Waals surface area contributed by atoms with Crippen molar-refractivity contribution in [2.45, 2.75) is 38.6 Å². The number of fused-ring (bicyclic) bond motifs is 1. The molecular weight excluding hydrogens is 122 g/mol. The fourth-order valence-electron chi connectivity index (χ4n) is 2.81. The van der Waals surface area contributed by atoms with Gasteiger partial charge in [0.15, 0.2) is 0 Å². The Balaban J connectivity index is 2.15. The van der Waals surface area contributed by atoms with Gasteiger partial charge in [0.1, 0.15) is 0 Å². The van der Waals surface area contributed by atoms with Crippen molar-refractivity contribution < 1.29 is 0 Å². The van der Waals surface area contributed by atoms with Gasteiger partial charge in [0.25, 0.3) is 0 Å². The molecule has 2 aliphatic rings. The molecular formula is C9H17N. The summed E-state index contributed by atoms with van der Waals surface area (Å²) in [5, 5.41) is 0. The summed E-state index contributed by atoms with van der Waals surface area (Å²) < 4.78 is 0. The van der Waals surface area contributed by atoms with Gasteiger partial charge in [-0.25, -0.2) is 0 Å². The first-order valence-corrected chi connectivity index (χ1v) is 4.46. The monoisotopic (exact) mass is 139 g/mol. The van der Waals surface area contributed by atoms with Crippen molar-refractivity contribution >= 4 is 0 Å². The van der Waals surface area contributed by atoms with Gasteiger partial charge in [-0.15, -0.1) is 0 Å². The van der Waals surface area contributed by atoms with Crippen LogP contribution < -0.4 is 0 Å². The van der Waals surface area contributed by atoms with Gasteiger partial charge in [0, 0.05) is 12.1 Å². The minimum Gasteiger partial charge on any atom is -0.298 e. The first kappa shape index (κ1) is 6.66. The summed E-state index contributed by atoms with van der Waals surface area (Å²) in [6.07, 6.45) is 4.31. The van der Waals surface area contributed by atoms with Crippen molar-refractivity contribution in [3.05, 3.63) is 0 Å². The zero-order valence-corrected chi connectivity index (χ0v) is 7.06. The molecule has 2 heterocycles. The highest BCUT2D eigenvalue weighted by molar-refractivity contribution is 4.98. The summed E-state index contributed by atoms with van der Waals surface area (Å²) in [4.78, 5) is 2.68. The Labute approximate surface area is 63.4 Å². The van der Waals surface area contributed by atoms with Crippen molar-refractivity contribution in [2.75, 3.05) is 13.1 Å². The molecule has 2 saturated heterocycles. The van der Waals surface area contributed by atoms with E-state index in [-0.39, 0.29) is 0 Å². The van der Waals surface area contributed by atoms with Crippen LogP contribution in [-0.2, 0) is 0 Å². The van der Waals surface area contributed by atoms with Gasteiger partial charge >= 0.3 is 0 Å². The predicted molar refractivity (Wildman–Crippen MR) is 43.0 cm³/mol. The minimum absolute atomic E-state index is 0.611. The molecule has 0 aromatic heterocycles. The van der Waals surface area contributed by atoms with E-state index in [0.717, 1.165) is 5.92 Å². The van der Waals surface area contributed by atoms with E-state index in [1.807, 2.05) is 0 Å². The maximum atomic E-state index is 2.68. The Morgan fingerprint density at radius 3 is 3.00 bits per heavy atom. The van der Waals surface area contributed by atoms with Gasteiger partial charge in [-0.2, -0.15) is 0 Å². The lowest BCUT2D eigenvalue weighted by Gasteiger charge is -2.26. The van der Waals surface area contributed by atoms with Crippen LogP contribution >= 0.6 is 0 Å². The summed E-state index contributed by atoms with van der Waals surface area (Å²) in [6.45, 7) is 7.53. The molecule has 0 aromatic rings. The first-order chi connectivity index (χ1) is 4.71. The summed E-state index contributed by atoms with van der Waals surface area (Å²) in [6, 6.07) is 0. The molecule has 0 saturated carbocycles. The summed E-state index contributed by atoms with van der Waals surface area (Å²) in [5.74, 6) is 0.949. The van der Waals surface area contributed by atoms with Gasteiger partial charge < -0.3 is 0 Å². The largest absolute Gasteiger partial charge is 0.298 e. The smallest absolute Gasteiger partial charge is 0.0185 e. The zero-order chi connectivity index (χ0) is 7.19. The summed E-state index contributed by atoms with van der Waals surface area (Å²) in [5.41, 5.74) is 0.611. The molecule has 2 rings (SSSR count). The summed E-state index contributed by atoms with van der Waals surface area (Å²) in [7, 11) is 0. The molecule has 2 fully saturated rings. The molecule has 0 spiro atoms. The predicted octanol–water partition coefficient (Wildman–Crippen LogP) is 1.88. The van der Waals surface area contributed by atoms with Crippen molar-refractivity contribution in [3.8, 4) is 0 Å². The molecule has 0 aromatic carbocycles. The Morgan fingerprint density at radius 2 is 2.30 bits per heavy atom. The van der Waals surface area contributed by atoms with E-state index < -0.39 is 0 Å². The Kier molecular flexibility index (Phi) is 1.31. The number of hydrogen-bond donors (Lipinski definition) is 0. The molecule has 1 nitrogen and oxygen atoms in total. The highest BCUT2D eigenvalue weighted by Crippen LogP contribution is 2.40. The topological polar surface area (TPSA) is 3.24 Å². The average molecular weight is 139 g/mol. The van der Waals surface area contributed by atoms with Gasteiger partial charge in [0.05, 0.1) is 0 Å². The van der Waals surface area contributed by atoms with Gasteiger partial charge in [-0.3, -0.25) is 4.90 Å². The van der Waals surface area contributed by atoms with Crippen LogP contribution in [-0.4, -0.2) is 23.5 Å². The normalized spacial score (nSPS) is 48.0. The Bertz CT molecular complexity index is 144. The maximum absolute atomic E-state index is 2.68. The van der Waals surface area contributed by atoms with Crippen LogP contribution in [0.3, 0.4) is 0 Å². The second-order valence-electron chi connectivity index (χ2n) is 4.36. The molecule has 0 aliphatic carbocycles. The lowest BCUT2D eigenvalue weighted by atomic mass is 9.93. The third-order valence-electron chi connectivity index (χ3n) is 3.23. The summed E-state index contributed by atoms with van der Waals surface area (Å²) >= 11 is 0. The van der Waals surface area contributed by atoms with Crippen molar-refractivity contribution in [1.82, 2.24) is 4.90 Å². The Morgan fingerprint density at radius 1 is 1.50 bits per heavy atom. The molecule has 2 aliphatic heterocycles. The number of rotatable bonds is 0. The molecule has 0 amide bonds. The molecule has 0 N–H and O–H groups in total. The van der Waals surface area contributed by atoms with E-state index in [9.17, 15) is 0 Å². The standard InChI is InChI=1S/C9H17N/c1-8-6-9(2)4-3-5-10(9)7-8/h8H,3-7H2,1-2H3/t8-,9-/m0/s1. The van der Waals surface area contributed by atoms with Gasteiger partial charge in [-0.1, -0.05) is 6.92 Å². The van der Waals surface area contributed by atoms with Crippen LogP contribution in [0, 0.1) is 5.92 Å². The third kappa shape index (κ3) is 0.800. The van der Waals surface area contributed by atoms with Crippen LogP contribution in [0.1, 0.15) is 33.1 Å². The lowest BCUT2D eigenvalue weighted by molar-refractivity contribution is 0.218. The quantitative estimate of drug-likeness (QED) is 0.495. The van der Waals surface area contributed by atoms with E-state index in [1.54, 1.807) is 0 Å². The fraction of sp³-hybridized carbons (Fsp3) is 1.00. The molecule has 2 atom stereocenters. The average Bonchev–Trinajstić information content (AvgIpc) is 2.20. The van der Waals surface area contributed by atoms with Crippen molar-refractivity contribution in [1.29, 1.82) is 0 Å². The molecule has 1 heteroatoms. The van der Waals surface area contributed by atoms with Crippen LogP contribution in [0.5, 0.6) is 0 Å². The molecule has 58 valence electrons. The fourth-order valence-corrected chi connectivity index (χ4v) is 2.81. The van der Waals surface area contributed by atoms with E-state index in [0.29, 0.717) is 5.54 Å². The van der Waals surface area contributed by atoms with Crippen LogP contribution in [0.4, 0.5) is 0 Å². The Hall–Kier alpha value is -0.0400. The van der Waals surface area contributed by atoms with Crippen LogP contribution in [0.2, 0.25) is 0 Å². The first-order valence-electron chi connectivity index (χ1n) is 4.46. The van der Waals surface area contributed by atoms with Crippen LogP contribution in [0.25, 0.3) is 0 Å². The lowest BCUT2D eigenvalue weighted by Crippen LogP contribution is -2.34. The van der Waals surface area contributed by atoms with E-state index in [2.05, 4.69) is 18.7 Å².